The number of aromatic nitrogens is 2. The number of cyclic esters (lactones) is 1. The van der Waals surface area contributed by atoms with Crippen LogP contribution in [-0.4, -0.2) is 68.9 Å². The third-order valence-corrected chi connectivity index (χ3v) is 12.9. The van der Waals surface area contributed by atoms with Crippen LogP contribution in [0.1, 0.15) is 34.6 Å². The van der Waals surface area contributed by atoms with Crippen LogP contribution in [0.5, 0.6) is 0 Å². The molecule has 0 radical (unpaired) electrons. The lowest BCUT2D eigenvalue weighted by molar-refractivity contribution is 0.0561. The van der Waals surface area contributed by atoms with Crippen LogP contribution >= 0.6 is 11.6 Å². The molecule has 1 amide bonds. The van der Waals surface area contributed by atoms with E-state index >= 15 is 0 Å². The molecule has 1 unspecified atom stereocenters. The van der Waals surface area contributed by atoms with E-state index in [0.29, 0.717) is 38.1 Å². The molecule has 3 aromatic rings. The highest BCUT2D eigenvalue weighted by atomic mass is 35.5. The number of morpholine rings is 1. The minimum absolute atomic E-state index is 0.212. The highest BCUT2D eigenvalue weighted by molar-refractivity contribution is 6.99. The van der Waals surface area contributed by atoms with E-state index in [9.17, 15) is 4.79 Å². The Kier molecular flexibility index (Phi) is 7.94. The lowest BCUT2D eigenvalue weighted by atomic mass is 10.00. The summed E-state index contributed by atoms with van der Waals surface area (Å²) in [6.07, 6.45) is -0.483. The van der Waals surface area contributed by atoms with Crippen LogP contribution in [0, 0.1) is 0 Å². The van der Waals surface area contributed by atoms with Crippen molar-refractivity contribution in [2.45, 2.75) is 51.3 Å². The van der Waals surface area contributed by atoms with E-state index in [-0.39, 0.29) is 16.8 Å². The van der Waals surface area contributed by atoms with Gasteiger partial charge in [0.1, 0.15) is 22.6 Å². The normalized spacial score (nSPS) is 19.6. The van der Waals surface area contributed by atoms with Crippen molar-refractivity contribution in [2.75, 3.05) is 42.7 Å². The Balaban J connectivity index is 1.55. The second-order valence-corrected chi connectivity index (χ2v) is 16.5. The maximum Gasteiger partial charge on any atom is 0.416 e. The predicted octanol–water partition coefficient (Wildman–Crippen LogP) is 4.65. The molecule has 3 heterocycles. The van der Waals surface area contributed by atoms with Crippen molar-refractivity contribution in [1.29, 1.82) is 0 Å². The lowest BCUT2D eigenvalue weighted by Crippen LogP contribution is -2.67. The molecule has 2 aromatic carbocycles. The van der Waals surface area contributed by atoms with Gasteiger partial charge in [0.2, 0.25) is 5.95 Å². The molecule has 8 nitrogen and oxygen atoms in total. The molecule has 1 atom stereocenters. The summed E-state index contributed by atoms with van der Waals surface area (Å²) >= 11 is 6.47. The van der Waals surface area contributed by atoms with Gasteiger partial charge in [-0.1, -0.05) is 93.0 Å². The fourth-order valence-electron chi connectivity index (χ4n) is 5.70. The van der Waals surface area contributed by atoms with Crippen molar-refractivity contribution in [1.82, 2.24) is 9.97 Å². The summed E-state index contributed by atoms with van der Waals surface area (Å²) in [5.74, 6) is 0.864. The quantitative estimate of drug-likeness (QED) is 0.297. The maximum absolute atomic E-state index is 13.4. The summed E-state index contributed by atoms with van der Waals surface area (Å²) in [5, 5.41) is 2.39. The smallest absolute Gasteiger partial charge is 0.416 e. The van der Waals surface area contributed by atoms with Gasteiger partial charge < -0.3 is 18.8 Å². The molecule has 2 aliphatic rings. The first kappa shape index (κ1) is 28.5. The lowest BCUT2D eigenvalue weighted by Gasteiger charge is -2.44. The SMILES string of the molecule is CC1(C)OC(=O)N(c2cc(Cl)nc(N3CCOCC3)n2)C1CO[Si](c1ccccc1)(c1ccccc1)C(C)(C)C. The van der Waals surface area contributed by atoms with Crippen molar-refractivity contribution in [2.24, 2.45) is 0 Å². The number of amides is 1. The molecular weight excluding hydrogens is 544 g/mol. The van der Waals surface area contributed by atoms with Crippen LogP contribution in [0.4, 0.5) is 16.6 Å². The molecular formula is C30H37ClN4O4Si. The van der Waals surface area contributed by atoms with Crippen molar-refractivity contribution in [3.05, 3.63) is 71.9 Å². The van der Waals surface area contributed by atoms with Crippen LogP contribution in [0.2, 0.25) is 10.2 Å². The molecule has 0 N–H and O–H groups in total. The van der Waals surface area contributed by atoms with Gasteiger partial charge in [-0.05, 0) is 29.3 Å². The Morgan fingerprint density at radius 1 is 1.00 bits per heavy atom. The number of hydrogen-bond acceptors (Lipinski definition) is 7. The average molecular weight is 581 g/mol. The Bertz CT molecular complexity index is 1290. The van der Waals surface area contributed by atoms with Gasteiger partial charge >= 0.3 is 6.09 Å². The van der Waals surface area contributed by atoms with E-state index in [2.05, 4.69) is 74.3 Å². The van der Waals surface area contributed by atoms with Gasteiger partial charge in [-0.15, -0.1) is 0 Å². The standard InChI is InChI=1S/C30H37ClN4O4Si/c1-29(2,3)40(22-12-8-6-9-13-22,23-14-10-7-11-15-23)38-21-24-30(4,5)39-28(36)35(24)26-20-25(31)32-27(33-26)34-16-18-37-19-17-34/h6-15,20,24H,16-19,21H2,1-5H3. The van der Waals surface area contributed by atoms with E-state index < -0.39 is 26.1 Å². The Morgan fingerprint density at radius 2 is 1.57 bits per heavy atom. The zero-order valence-corrected chi connectivity index (χ0v) is 25.5. The van der Waals surface area contributed by atoms with Crippen molar-refractivity contribution < 1.29 is 18.7 Å². The minimum Gasteiger partial charge on any atom is -0.441 e. The van der Waals surface area contributed by atoms with Gasteiger partial charge in [-0.3, -0.25) is 4.90 Å². The summed E-state index contributed by atoms with van der Waals surface area (Å²) in [7, 11) is -2.86. The zero-order valence-electron chi connectivity index (χ0n) is 23.8. The number of halogens is 1. The maximum atomic E-state index is 13.4. The highest BCUT2D eigenvalue weighted by Crippen LogP contribution is 2.39. The van der Waals surface area contributed by atoms with Crippen molar-refractivity contribution >= 4 is 48.2 Å². The molecule has 0 aliphatic carbocycles. The van der Waals surface area contributed by atoms with E-state index in [1.54, 1.807) is 11.0 Å². The first-order valence-corrected chi connectivity index (χ1v) is 16.0. The summed E-state index contributed by atoms with van der Waals surface area (Å²) in [4.78, 5) is 26.2. The predicted molar refractivity (Wildman–Crippen MR) is 160 cm³/mol. The second kappa shape index (κ2) is 11.1. The number of carbonyl (C=O) groups is 1. The van der Waals surface area contributed by atoms with E-state index in [0.717, 1.165) is 0 Å². The van der Waals surface area contributed by atoms with Crippen LogP contribution in [0.25, 0.3) is 0 Å². The summed E-state index contributed by atoms with van der Waals surface area (Å²) in [6, 6.07) is 22.1. The largest absolute Gasteiger partial charge is 0.441 e. The highest BCUT2D eigenvalue weighted by Gasteiger charge is 2.54. The number of rotatable bonds is 7. The van der Waals surface area contributed by atoms with Crippen LogP contribution in [-0.2, 0) is 13.9 Å². The molecule has 0 bridgehead atoms. The summed E-state index contributed by atoms with van der Waals surface area (Å²) in [5.41, 5.74) is -0.834. The number of hydrogen-bond donors (Lipinski definition) is 0. The van der Waals surface area contributed by atoms with E-state index in [4.69, 9.17) is 30.5 Å². The second-order valence-electron chi connectivity index (χ2n) is 11.8. The molecule has 212 valence electrons. The monoisotopic (exact) mass is 580 g/mol. The van der Waals surface area contributed by atoms with Gasteiger partial charge in [0.05, 0.1) is 19.8 Å². The van der Waals surface area contributed by atoms with E-state index in [1.807, 2.05) is 30.9 Å². The van der Waals surface area contributed by atoms with Crippen molar-refractivity contribution in [3.8, 4) is 0 Å². The Labute approximate surface area is 242 Å². The third kappa shape index (κ3) is 5.35. The number of ether oxygens (including phenoxy) is 2. The fourth-order valence-corrected chi connectivity index (χ4v) is 10.4. The molecule has 1 aromatic heterocycles. The molecule has 0 spiro atoms. The number of carbonyl (C=O) groups excluding carboxylic acids is 1. The summed E-state index contributed by atoms with van der Waals surface area (Å²) in [6.45, 7) is 13.2. The first-order chi connectivity index (χ1) is 19.0. The number of benzene rings is 2. The first-order valence-electron chi connectivity index (χ1n) is 13.7. The topological polar surface area (TPSA) is 77.0 Å². The molecule has 2 fully saturated rings. The summed E-state index contributed by atoms with van der Waals surface area (Å²) < 4.78 is 18.6. The van der Waals surface area contributed by atoms with Crippen LogP contribution in [0.3, 0.4) is 0 Å². The third-order valence-electron chi connectivity index (χ3n) is 7.75. The fraction of sp³-hybridized carbons (Fsp3) is 0.433. The van der Waals surface area contributed by atoms with Gasteiger partial charge in [0.25, 0.3) is 8.32 Å². The molecule has 2 aliphatic heterocycles. The van der Waals surface area contributed by atoms with Crippen LogP contribution < -0.4 is 20.2 Å². The zero-order chi connectivity index (χ0) is 28.5. The van der Waals surface area contributed by atoms with Gasteiger partial charge in [-0.25, -0.2) is 9.78 Å². The molecule has 10 heteroatoms. The number of nitrogens with zero attached hydrogens (tertiary/aromatic N) is 4. The van der Waals surface area contributed by atoms with Gasteiger partial charge in [0.15, 0.2) is 0 Å². The van der Waals surface area contributed by atoms with Crippen LogP contribution in [0.15, 0.2) is 66.7 Å². The van der Waals surface area contributed by atoms with E-state index in [1.165, 1.54) is 10.4 Å². The Morgan fingerprint density at radius 3 is 2.12 bits per heavy atom. The van der Waals surface area contributed by atoms with Crippen molar-refractivity contribution in [3.63, 3.8) is 0 Å². The Hall–Kier alpha value is -2.98. The molecule has 0 saturated carbocycles. The average Bonchev–Trinajstić information content (AvgIpc) is 3.16. The molecule has 5 rings (SSSR count). The van der Waals surface area contributed by atoms with Gasteiger partial charge in [-0.2, -0.15) is 4.98 Å². The number of anilines is 2. The molecule has 40 heavy (non-hydrogen) atoms. The van der Waals surface area contributed by atoms with Gasteiger partial charge in [0, 0.05) is 19.2 Å². The molecule has 2 saturated heterocycles. The minimum atomic E-state index is -2.86.